The molecule has 2 aliphatic rings. The van der Waals surface area contributed by atoms with Gasteiger partial charge < -0.3 is 10.6 Å². The highest BCUT2D eigenvalue weighted by atomic mass is 32.2. The van der Waals surface area contributed by atoms with Crippen molar-refractivity contribution in [1.29, 1.82) is 0 Å². The molecule has 1 aliphatic heterocycles. The monoisotopic (exact) mass is 350 g/mol. The average Bonchev–Trinajstić information content (AvgIpc) is 3.27. The number of nitrogens with one attached hydrogen (secondary N) is 2. The fourth-order valence-electron chi connectivity index (χ4n) is 3.14. The molecular formula is C17H22N2O4S. The van der Waals surface area contributed by atoms with Crippen LogP contribution in [-0.2, 0) is 19.4 Å². The van der Waals surface area contributed by atoms with E-state index in [1.807, 2.05) is 37.3 Å². The van der Waals surface area contributed by atoms with Crippen molar-refractivity contribution in [2.45, 2.75) is 31.8 Å². The van der Waals surface area contributed by atoms with Crippen molar-refractivity contribution in [3.05, 3.63) is 35.9 Å². The smallest absolute Gasteiger partial charge is 0.224 e. The Morgan fingerprint density at radius 3 is 2.42 bits per heavy atom. The van der Waals surface area contributed by atoms with Crippen LogP contribution in [0.1, 0.15) is 31.4 Å². The third-order valence-electron chi connectivity index (χ3n) is 4.70. The molecule has 0 radical (unpaired) electrons. The Hall–Kier alpha value is -1.89. The van der Waals surface area contributed by atoms with Crippen LogP contribution < -0.4 is 10.6 Å². The van der Waals surface area contributed by atoms with E-state index in [0.717, 1.165) is 5.56 Å². The van der Waals surface area contributed by atoms with Crippen LogP contribution in [0.4, 0.5) is 0 Å². The first kappa shape index (κ1) is 17.0. The predicted octanol–water partition coefficient (Wildman–Crippen LogP) is 0.803. The van der Waals surface area contributed by atoms with Gasteiger partial charge in [0.15, 0.2) is 9.84 Å². The molecule has 2 fully saturated rings. The lowest BCUT2D eigenvalue weighted by atomic mass is 10.1. The summed E-state index contributed by atoms with van der Waals surface area (Å²) in [6.07, 6.45) is 0.987. The van der Waals surface area contributed by atoms with Gasteiger partial charge in [0.25, 0.3) is 0 Å². The Morgan fingerprint density at radius 1 is 1.12 bits per heavy atom. The van der Waals surface area contributed by atoms with Crippen LogP contribution >= 0.6 is 0 Å². The van der Waals surface area contributed by atoms with Gasteiger partial charge in [-0.2, -0.15) is 0 Å². The normalized spacial score (nSPS) is 28.8. The number of sulfone groups is 1. The lowest BCUT2D eigenvalue weighted by Crippen LogP contribution is -2.38. The van der Waals surface area contributed by atoms with Crippen molar-refractivity contribution in [2.75, 3.05) is 11.5 Å². The summed E-state index contributed by atoms with van der Waals surface area (Å²) in [7, 11) is -3.02. The van der Waals surface area contributed by atoms with Crippen molar-refractivity contribution in [3.8, 4) is 0 Å². The Balaban J connectivity index is 1.48. The summed E-state index contributed by atoms with van der Waals surface area (Å²) in [6.45, 7) is 1.91. The lowest BCUT2D eigenvalue weighted by molar-refractivity contribution is -0.127. The number of carbonyl (C=O) groups excluding carboxylic acids is 2. The van der Waals surface area contributed by atoms with Gasteiger partial charge in [0.05, 0.1) is 29.4 Å². The first-order valence-corrected chi connectivity index (χ1v) is 10.0. The zero-order chi connectivity index (χ0) is 17.3. The number of rotatable bonds is 5. The lowest BCUT2D eigenvalue weighted by Gasteiger charge is -2.14. The molecule has 4 unspecified atom stereocenters. The summed E-state index contributed by atoms with van der Waals surface area (Å²) in [5.41, 5.74) is 1.02. The summed E-state index contributed by atoms with van der Waals surface area (Å²) in [5, 5.41) is 5.70. The fraction of sp³-hybridized carbons (Fsp3) is 0.529. The van der Waals surface area contributed by atoms with Crippen molar-refractivity contribution in [3.63, 3.8) is 0 Å². The molecule has 2 amide bonds. The van der Waals surface area contributed by atoms with Gasteiger partial charge in [0, 0.05) is 6.04 Å². The second kappa shape index (κ2) is 6.55. The number of carbonyl (C=O) groups is 2. The molecule has 3 rings (SSSR count). The Labute approximate surface area is 141 Å². The molecule has 0 aromatic heterocycles. The van der Waals surface area contributed by atoms with Crippen LogP contribution in [0.15, 0.2) is 30.3 Å². The first-order chi connectivity index (χ1) is 11.4. The predicted molar refractivity (Wildman–Crippen MR) is 89.8 cm³/mol. The van der Waals surface area contributed by atoms with Gasteiger partial charge in [-0.1, -0.05) is 30.3 Å². The van der Waals surface area contributed by atoms with Crippen LogP contribution in [0.3, 0.4) is 0 Å². The van der Waals surface area contributed by atoms with Crippen LogP contribution in [0.5, 0.6) is 0 Å². The molecule has 130 valence electrons. The van der Waals surface area contributed by atoms with Gasteiger partial charge in [0.1, 0.15) is 0 Å². The molecule has 6 nitrogen and oxygen atoms in total. The van der Waals surface area contributed by atoms with Crippen molar-refractivity contribution < 1.29 is 18.0 Å². The highest BCUT2D eigenvalue weighted by molar-refractivity contribution is 7.91. The minimum absolute atomic E-state index is 0.00731. The van der Waals surface area contributed by atoms with Gasteiger partial charge >= 0.3 is 0 Å². The van der Waals surface area contributed by atoms with Crippen LogP contribution in [0.25, 0.3) is 0 Å². The Bertz CT molecular complexity index is 732. The summed E-state index contributed by atoms with van der Waals surface area (Å²) in [6, 6.07) is 9.23. The second-order valence-electron chi connectivity index (χ2n) is 6.70. The van der Waals surface area contributed by atoms with E-state index >= 15 is 0 Å². The molecule has 2 N–H and O–H groups in total. The minimum Gasteiger partial charge on any atom is -0.352 e. The molecule has 7 heteroatoms. The number of benzene rings is 1. The highest BCUT2D eigenvalue weighted by Crippen LogP contribution is 2.39. The minimum atomic E-state index is -3.02. The zero-order valence-corrected chi connectivity index (χ0v) is 14.4. The Morgan fingerprint density at radius 2 is 1.79 bits per heavy atom. The molecular weight excluding hydrogens is 328 g/mol. The standard InChI is InChI=1S/C17H22N2O4S/c1-11(12-5-3-2-4-6-12)18-16(20)14-9-15(14)17(21)19-13-7-8-24(22,23)10-13/h2-6,11,13-15H,7-10H2,1H3,(H,18,20)(H,19,21). The van der Waals surface area contributed by atoms with Crippen LogP contribution in [0, 0.1) is 11.8 Å². The molecule has 1 aromatic carbocycles. The first-order valence-electron chi connectivity index (χ1n) is 8.22. The van der Waals surface area contributed by atoms with E-state index in [2.05, 4.69) is 10.6 Å². The van der Waals surface area contributed by atoms with Crippen molar-refractivity contribution in [1.82, 2.24) is 10.6 Å². The molecule has 1 heterocycles. The van der Waals surface area contributed by atoms with Crippen molar-refractivity contribution in [2.24, 2.45) is 11.8 Å². The van der Waals surface area contributed by atoms with E-state index in [9.17, 15) is 18.0 Å². The van der Waals surface area contributed by atoms with E-state index < -0.39 is 9.84 Å². The maximum Gasteiger partial charge on any atom is 0.224 e. The van der Waals surface area contributed by atoms with Crippen molar-refractivity contribution >= 4 is 21.7 Å². The topological polar surface area (TPSA) is 92.3 Å². The molecule has 1 saturated heterocycles. The van der Waals surface area contributed by atoms with Crippen LogP contribution in [0.2, 0.25) is 0 Å². The zero-order valence-electron chi connectivity index (χ0n) is 13.6. The number of amides is 2. The average molecular weight is 350 g/mol. The summed E-state index contributed by atoms with van der Waals surface area (Å²) in [4.78, 5) is 24.4. The molecule has 0 spiro atoms. The van der Waals surface area contributed by atoms with Gasteiger partial charge in [-0.15, -0.1) is 0 Å². The molecule has 1 aromatic rings. The van der Waals surface area contributed by atoms with E-state index in [-0.39, 0.29) is 47.2 Å². The third-order valence-corrected chi connectivity index (χ3v) is 6.47. The molecule has 1 aliphatic carbocycles. The molecule has 1 saturated carbocycles. The van der Waals surface area contributed by atoms with Gasteiger partial charge in [-0.05, 0) is 25.3 Å². The SMILES string of the molecule is CC(NC(=O)C1CC1C(=O)NC1CCS(=O)(=O)C1)c1ccccc1. The number of hydrogen-bond acceptors (Lipinski definition) is 4. The molecule has 4 atom stereocenters. The molecule has 0 bridgehead atoms. The Kier molecular flexibility index (Phi) is 4.62. The summed E-state index contributed by atoms with van der Waals surface area (Å²) >= 11 is 0. The summed E-state index contributed by atoms with van der Waals surface area (Å²) < 4.78 is 22.8. The van der Waals surface area contributed by atoms with E-state index in [1.165, 1.54) is 0 Å². The van der Waals surface area contributed by atoms with E-state index in [0.29, 0.717) is 12.8 Å². The quantitative estimate of drug-likeness (QED) is 0.822. The van der Waals surface area contributed by atoms with Crippen LogP contribution in [-0.4, -0.2) is 37.8 Å². The number of hydrogen-bond donors (Lipinski definition) is 2. The highest BCUT2D eigenvalue weighted by Gasteiger charge is 2.49. The largest absolute Gasteiger partial charge is 0.352 e. The van der Waals surface area contributed by atoms with Gasteiger partial charge in [-0.3, -0.25) is 9.59 Å². The van der Waals surface area contributed by atoms with Gasteiger partial charge in [-0.25, -0.2) is 8.42 Å². The third kappa shape index (κ3) is 3.95. The second-order valence-corrected chi connectivity index (χ2v) is 8.93. The van der Waals surface area contributed by atoms with Gasteiger partial charge in [0.2, 0.25) is 11.8 Å². The summed E-state index contributed by atoms with van der Waals surface area (Å²) in [5.74, 6) is -0.838. The van der Waals surface area contributed by atoms with E-state index in [1.54, 1.807) is 0 Å². The van der Waals surface area contributed by atoms with E-state index in [4.69, 9.17) is 0 Å². The maximum absolute atomic E-state index is 12.3. The fourth-order valence-corrected chi connectivity index (χ4v) is 4.81. The maximum atomic E-state index is 12.3. The molecule has 24 heavy (non-hydrogen) atoms.